The van der Waals surface area contributed by atoms with Crippen molar-refractivity contribution in [3.63, 3.8) is 0 Å². The van der Waals surface area contributed by atoms with Crippen molar-refractivity contribution < 1.29 is 4.79 Å². The molecular weight excluding hydrogens is 366 g/mol. The molecule has 8 heteroatoms. The van der Waals surface area contributed by atoms with Crippen molar-refractivity contribution in [2.24, 2.45) is 0 Å². The number of hydrogen-bond donors (Lipinski definition) is 1. The number of thioether (sulfide) groups is 1. The molecule has 0 saturated heterocycles. The van der Waals surface area contributed by atoms with E-state index in [4.69, 9.17) is 5.73 Å². The van der Waals surface area contributed by atoms with Crippen LogP contribution in [0.4, 0.5) is 5.82 Å². The van der Waals surface area contributed by atoms with Crippen LogP contribution in [0.1, 0.15) is 16.6 Å². The highest BCUT2D eigenvalue weighted by molar-refractivity contribution is 7.99. The number of nitrogen functional groups attached to an aromatic ring is 1. The number of ketones is 1. The fourth-order valence-electron chi connectivity index (χ4n) is 2.28. The Morgan fingerprint density at radius 1 is 1.31 bits per heavy atom. The molecule has 0 aliphatic carbocycles. The number of carbonyl (C=O) groups is 1. The number of hydrogen-bond acceptors (Lipinski definition) is 8. The Morgan fingerprint density at radius 3 is 2.77 bits per heavy atom. The normalized spacial score (nSPS) is 11.7. The first kappa shape index (κ1) is 18.0. The van der Waals surface area contributed by atoms with Gasteiger partial charge in [0, 0.05) is 22.7 Å². The van der Waals surface area contributed by atoms with Gasteiger partial charge < -0.3 is 5.73 Å². The molecule has 0 bridgehead atoms. The van der Waals surface area contributed by atoms with Crippen LogP contribution in [0, 0.1) is 18.3 Å². The summed E-state index contributed by atoms with van der Waals surface area (Å²) in [4.78, 5) is 25.3. The van der Waals surface area contributed by atoms with Gasteiger partial charge in [0.2, 0.25) is 0 Å². The van der Waals surface area contributed by atoms with Crippen LogP contribution in [0.5, 0.6) is 0 Å². The lowest BCUT2D eigenvalue weighted by Gasteiger charge is -2.05. The van der Waals surface area contributed by atoms with Gasteiger partial charge in [0.1, 0.15) is 10.8 Å². The number of aryl methyl sites for hydroxylation is 1. The van der Waals surface area contributed by atoms with E-state index in [1.165, 1.54) is 23.1 Å². The Kier molecular flexibility index (Phi) is 5.61. The van der Waals surface area contributed by atoms with E-state index in [0.29, 0.717) is 16.0 Å². The minimum absolute atomic E-state index is 0.0847. The average Bonchev–Trinajstić information content (AvgIpc) is 3.10. The predicted octanol–water partition coefficient (Wildman–Crippen LogP) is 3.46. The van der Waals surface area contributed by atoms with E-state index >= 15 is 0 Å². The number of aromatic nitrogens is 3. The lowest BCUT2D eigenvalue weighted by atomic mass is 10.1. The zero-order valence-corrected chi connectivity index (χ0v) is 15.5. The Balaban J connectivity index is 1.71. The first-order chi connectivity index (χ1) is 12.6. The first-order valence-electron chi connectivity index (χ1n) is 7.74. The maximum atomic E-state index is 12.5. The summed E-state index contributed by atoms with van der Waals surface area (Å²) in [6, 6.07) is 13.4. The van der Waals surface area contributed by atoms with Crippen LogP contribution in [-0.4, -0.2) is 26.5 Å². The molecule has 0 amide bonds. The topological polar surface area (TPSA) is 106 Å². The van der Waals surface area contributed by atoms with Crippen molar-refractivity contribution in [1.29, 1.82) is 5.26 Å². The van der Waals surface area contributed by atoms with Gasteiger partial charge in [-0.1, -0.05) is 42.1 Å². The Bertz CT molecular complexity index is 945. The lowest BCUT2D eigenvalue weighted by Crippen LogP contribution is -2.13. The van der Waals surface area contributed by atoms with E-state index in [2.05, 4.69) is 21.0 Å². The molecule has 3 rings (SSSR count). The number of nitriles is 1. The SMILES string of the molecule is Cc1cc(N)nc(SCC(=O)C(C#N)c2nc(-c3ccccc3)cs2)n1. The molecule has 3 aromatic rings. The highest BCUT2D eigenvalue weighted by Crippen LogP contribution is 2.28. The van der Waals surface area contributed by atoms with Gasteiger partial charge in [0.25, 0.3) is 0 Å². The fourth-order valence-corrected chi connectivity index (χ4v) is 3.98. The number of nitrogens with two attached hydrogens (primary N) is 1. The quantitative estimate of drug-likeness (QED) is 0.515. The van der Waals surface area contributed by atoms with Crippen LogP contribution in [-0.2, 0) is 4.79 Å². The Labute approximate surface area is 159 Å². The summed E-state index contributed by atoms with van der Waals surface area (Å²) in [5.74, 6) is -0.680. The van der Waals surface area contributed by atoms with E-state index in [1.807, 2.05) is 42.6 Å². The van der Waals surface area contributed by atoms with Crippen LogP contribution in [0.2, 0.25) is 0 Å². The molecule has 1 atom stereocenters. The molecule has 0 aliphatic heterocycles. The Hall–Kier alpha value is -2.76. The van der Waals surface area contributed by atoms with Gasteiger partial charge in [-0.15, -0.1) is 11.3 Å². The van der Waals surface area contributed by atoms with Gasteiger partial charge in [-0.2, -0.15) is 5.26 Å². The lowest BCUT2D eigenvalue weighted by molar-refractivity contribution is -0.116. The first-order valence-corrected chi connectivity index (χ1v) is 9.60. The fraction of sp³-hybridized carbons (Fsp3) is 0.167. The van der Waals surface area contributed by atoms with Crippen molar-refractivity contribution >= 4 is 34.7 Å². The number of carbonyl (C=O) groups excluding carboxylic acids is 1. The summed E-state index contributed by atoms with van der Waals surface area (Å²) < 4.78 is 0. The van der Waals surface area contributed by atoms with E-state index in [9.17, 15) is 10.1 Å². The van der Waals surface area contributed by atoms with Gasteiger partial charge in [-0.3, -0.25) is 4.79 Å². The molecule has 0 fully saturated rings. The molecule has 0 saturated carbocycles. The zero-order valence-electron chi connectivity index (χ0n) is 13.9. The summed E-state index contributed by atoms with van der Waals surface area (Å²) >= 11 is 2.49. The number of benzene rings is 1. The van der Waals surface area contributed by atoms with Crippen LogP contribution < -0.4 is 5.73 Å². The molecule has 2 N–H and O–H groups in total. The molecular formula is C18H15N5OS2. The highest BCUT2D eigenvalue weighted by atomic mass is 32.2. The molecule has 0 radical (unpaired) electrons. The van der Waals surface area contributed by atoms with Crippen LogP contribution in [0.25, 0.3) is 11.3 Å². The molecule has 130 valence electrons. The maximum Gasteiger partial charge on any atom is 0.190 e. The van der Waals surface area contributed by atoms with E-state index in [-0.39, 0.29) is 11.5 Å². The van der Waals surface area contributed by atoms with Crippen molar-refractivity contribution in [2.75, 3.05) is 11.5 Å². The van der Waals surface area contributed by atoms with Crippen LogP contribution in [0.15, 0.2) is 46.9 Å². The van der Waals surface area contributed by atoms with E-state index in [0.717, 1.165) is 17.0 Å². The van der Waals surface area contributed by atoms with Gasteiger partial charge >= 0.3 is 0 Å². The molecule has 1 unspecified atom stereocenters. The average molecular weight is 381 g/mol. The second-order valence-corrected chi connectivity index (χ2v) is 7.30. The Morgan fingerprint density at radius 2 is 2.08 bits per heavy atom. The predicted molar refractivity (Wildman–Crippen MR) is 103 cm³/mol. The number of anilines is 1. The summed E-state index contributed by atoms with van der Waals surface area (Å²) in [6.07, 6.45) is 0. The largest absolute Gasteiger partial charge is 0.384 e. The highest BCUT2D eigenvalue weighted by Gasteiger charge is 2.24. The molecule has 2 heterocycles. The number of thiazole rings is 1. The van der Waals surface area contributed by atoms with Crippen LogP contribution in [0.3, 0.4) is 0 Å². The van der Waals surface area contributed by atoms with Gasteiger partial charge in [-0.05, 0) is 6.92 Å². The molecule has 0 spiro atoms. The zero-order chi connectivity index (χ0) is 18.5. The summed E-state index contributed by atoms with van der Waals surface area (Å²) in [6.45, 7) is 1.81. The third kappa shape index (κ3) is 4.25. The molecule has 26 heavy (non-hydrogen) atoms. The monoisotopic (exact) mass is 381 g/mol. The summed E-state index contributed by atoms with van der Waals surface area (Å²) in [7, 11) is 0. The van der Waals surface area contributed by atoms with Gasteiger partial charge in [0.15, 0.2) is 16.9 Å². The number of rotatable bonds is 6. The molecule has 2 aromatic heterocycles. The smallest absolute Gasteiger partial charge is 0.190 e. The van der Waals surface area contributed by atoms with E-state index in [1.54, 1.807) is 6.07 Å². The number of nitrogens with zero attached hydrogens (tertiary/aromatic N) is 4. The molecule has 0 aliphatic rings. The van der Waals surface area contributed by atoms with Crippen LogP contribution >= 0.6 is 23.1 Å². The van der Waals surface area contributed by atoms with Crippen molar-refractivity contribution in [1.82, 2.24) is 15.0 Å². The van der Waals surface area contributed by atoms with Crippen molar-refractivity contribution in [2.45, 2.75) is 18.0 Å². The second-order valence-electron chi connectivity index (χ2n) is 5.47. The summed E-state index contributed by atoms with van der Waals surface area (Å²) in [5.41, 5.74) is 8.14. The minimum Gasteiger partial charge on any atom is -0.384 e. The van der Waals surface area contributed by atoms with Gasteiger partial charge in [-0.25, -0.2) is 15.0 Å². The third-order valence-electron chi connectivity index (χ3n) is 3.49. The standard InChI is InChI=1S/C18H15N5OS2/c1-11-7-16(20)23-18(21-11)26-10-15(24)13(8-19)17-22-14(9-25-17)12-5-3-2-4-6-12/h2-7,9,13H,10H2,1H3,(H2,20,21,23). The maximum absolute atomic E-state index is 12.5. The third-order valence-corrected chi connectivity index (χ3v) is 5.27. The second kappa shape index (κ2) is 8.08. The minimum atomic E-state index is -0.896. The van der Waals surface area contributed by atoms with E-state index < -0.39 is 5.92 Å². The summed E-state index contributed by atoms with van der Waals surface area (Å²) in [5, 5.41) is 12.2. The molecule has 1 aromatic carbocycles. The molecule has 6 nitrogen and oxygen atoms in total. The number of Topliss-reactive ketones (excluding diaryl/α,β-unsaturated/α-hetero) is 1. The van der Waals surface area contributed by atoms with Crippen molar-refractivity contribution in [3.05, 3.63) is 52.5 Å². The van der Waals surface area contributed by atoms with Gasteiger partial charge in [0.05, 0.1) is 17.5 Å². The van der Waals surface area contributed by atoms with Crippen molar-refractivity contribution in [3.8, 4) is 17.3 Å².